The second kappa shape index (κ2) is 6.71. The van der Waals surface area contributed by atoms with E-state index < -0.39 is 12.0 Å². The van der Waals surface area contributed by atoms with Crippen LogP contribution in [0, 0.1) is 0 Å². The number of nitrogens with two attached hydrogens (primary N) is 1. The van der Waals surface area contributed by atoms with Crippen molar-refractivity contribution in [2.75, 3.05) is 0 Å². The number of benzene rings is 1. The highest BCUT2D eigenvalue weighted by molar-refractivity contribution is 5.85. The van der Waals surface area contributed by atoms with E-state index >= 15 is 0 Å². The Morgan fingerprint density at radius 2 is 1.77 bits per heavy atom. The summed E-state index contributed by atoms with van der Waals surface area (Å²) < 4.78 is 0. The first-order chi connectivity index (χ1) is 5.22. The van der Waals surface area contributed by atoms with E-state index in [9.17, 15) is 4.79 Å². The van der Waals surface area contributed by atoms with Crippen molar-refractivity contribution in [3.63, 3.8) is 0 Å². The minimum Gasteiger partial charge on any atom is -1.00 e. The van der Waals surface area contributed by atoms with Crippen LogP contribution in [0.5, 0.6) is 0 Å². The van der Waals surface area contributed by atoms with Gasteiger partial charge in [0, 0.05) is 0 Å². The molecule has 0 aliphatic heterocycles. The fourth-order valence-corrected chi connectivity index (χ4v) is 0.803. The van der Waals surface area contributed by atoms with E-state index in [2.05, 4.69) is 0 Å². The van der Waals surface area contributed by atoms with Crippen molar-refractivity contribution in [3.05, 3.63) is 35.9 Å². The molecule has 1 aromatic carbocycles. The lowest BCUT2D eigenvalue weighted by molar-refractivity contribution is -0.138. The van der Waals surface area contributed by atoms with Gasteiger partial charge in [-0.05, 0) is 5.56 Å². The standard InChI is InChI=1S/C8H9NO2.2ClH/c9-7(8(10)11)6-4-2-1-3-5-6;;/h1-5,7H,9H2,(H,10,11);2*1H/p-1. The summed E-state index contributed by atoms with van der Waals surface area (Å²) in [5.74, 6) is -1.00. The molecule has 3 nitrogen and oxygen atoms in total. The van der Waals surface area contributed by atoms with Gasteiger partial charge in [-0.2, -0.15) is 0 Å². The van der Waals surface area contributed by atoms with Crippen molar-refractivity contribution >= 4 is 18.4 Å². The molecular weight excluding hydrogens is 213 g/mol. The topological polar surface area (TPSA) is 63.3 Å². The highest BCUT2D eigenvalue weighted by Crippen LogP contribution is 2.08. The van der Waals surface area contributed by atoms with Gasteiger partial charge in [-0.3, -0.25) is 4.79 Å². The Bertz CT molecular complexity index is 254. The van der Waals surface area contributed by atoms with Crippen LogP contribution in [0.15, 0.2) is 30.3 Å². The number of carboxylic acid groups (broad SMARTS) is 1. The van der Waals surface area contributed by atoms with Crippen LogP contribution in [0.1, 0.15) is 11.6 Å². The Morgan fingerprint density at radius 3 is 2.15 bits per heavy atom. The molecule has 0 heterocycles. The Hall–Kier alpha value is -0.770. The number of carbonyl (C=O) groups is 1. The van der Waals surface area contributed by atoms with Crippen molar-refractivity contribution in [2.24, 2.45) is 5.73 Å². The number of rotatable bonds is 2. The quantitative estimate of drug-likeness (QED) is 0.621. The summed E-state index contributed by atoms with van der Waals surface area (Å²) in [6.07, 6.45) is 0. The summed E-state index contributed by atoms with van der Waals surface area (Å²) in [5.41, 5.74) is 5.96. The van der Waals surface area contributed by atoms with Gasteiger partial charge in [0.1, 0.15) is 6.04 Å². The molecule has 13 heavy (non-hydrogen) atoms. The smallest absolute Gasteiger partial charge is 0.325 e. The van der Waals surface area contributed by atoms with E-state index in [4.69, 9.17) is 10.8 Å². The monoisotopic (exact) mass is 222 g/mol. The number of aliphatic carboxylic acids is 1. The number of halogens is 2. The van der Waals surface area contributed by atoms with Crippen LogP contribution in [0.2, 0.25) is 0 Å². The van der Waals surface area contributed by atoms with Gasteiger partial charge in [-0.25, -0.2) is 0 Å². The lowest BCUT2D eigenvalue weighted by Crippen LogP contribution is -3.00. The van der Waals surface area contributed by atoms with Crippen molar-refractivity contribution < 1.29 is 22.3 Å². The molecule has 0 aliphatic carbocycles. The molecule has 0 fully saturated rings. The molecule has 0 saturated carbocycles. The SMILES string of the molecule is Cl.NC(C(=O)O)c1ccccc1.[Cl-]. The molecule has 0 spiro atoms. The van der Waals surface area contributed by atoms with Gasteiger partial charge in [0.2, 0.25) is 0 Å². The second-order valence-electron chi connectivity index (χ2n) is 2.23. The Labute approximate surface area is 88.8 Å². The fraction of sp³-hybridized carbons (Fsp3) is 0.125. The number of carboxylic acids is 1. The lowest BCUT2D eigenvalue weighted by Gasteiger charge is -2.04. The van der Waals surface area contributed by atoms with E-state index in [1.165, 1.54) is 0 Å². The molecule has 0 amide bonds. The van der Waals surface area contributed by atoms with Crippen LogP contribution in [-0.2, 0) is 4.79 Å². The van der Waals surface area contributed by atoms with E-state index in [1.54, 1.807) is 24.3 Å². The minimum atomic E-state index is -1.00. The number of hydrogen-bond acceptors (Lipinski definition) is 2. The summed E-state index contributed by atoms with van der Waals surface area (Å²) >= 11 is 0. The predicted molar refractivity (Wildman–Crippen MR) is 48.3 cm³/mol. The van der Waals surface area contributed by atoms with Gasteiger partial charge >= 0.3 is 5.97 Å². The number of hydrogen-bond donors (Lipinski definition) is 2. The summed E-state index contributed by atoms with van der Waals surface area (Å²) in [6.45, 7) is 0. The molecule has 0 saturated heterocycles. The van der Waals surface area contributed by atoms with Crippen molar-refractivity contribution in [1.29, 1.82) is 0 Å². The zero-order valence-corrected chi connectivity index (χ0v) is 8.26. The lowest BCUT2D eigenvalue weighted by atomic mass is 10.1. The molecule has 1 aromatic rings. The summed E-state index contributed by atoms with van der Waals surface area (Å²) in [6, 6.07) is 7.82. The Morgan fingerprint density at radius 1 is 1.31 bits per heavy atom. The zero-order valence-electron chi connectivity index (χ0n) is 6.68. The predicted octanol–water partition coefficient (Wildman–Crippen LogP) is -1.80. The Balaban J connectivity index is 0. The summed E-state index contributed by atoms with van der Waals surface area (Å²) in [7, 11) is 0. The molecule has 1 unspecified atom stereocenters. The molecule has 0 bridgehead atoms. The first kappa shape index (κ1) is 14.7. The maximum atomic E-state index is 10.4. The van der Waals surface area contributed by atoms with Gasteiger partial charge in [0.15, 0.2) is 0 Å². The maximum Gasteiger partial charge on any atom is 0.325 e. The van der Waals surface area contributed by atoms with Crippen LogP contribution in [0.4, 0.5) is 0 Å². The maximum absolute atomic E-state index is 10.4. The van der Waals surface area contributed by atoms with E-state index in [0.29, 0.717) is 5.56 Å². The van der Waals surface area contributed by atoms with E-state index in [-0.39, 0.29) is 24.8 Å². The van der Waals surface area contributed by atoms with E-state index in [0.717, 1.165) is 0 Å². The molecule has 5 heteroatoms. The molecule has 1 atom stereocenters. The van der Waals surface area contributed by atoms with Crippen molar-refractivity contribution in [2.45, 2.75) is 6.04 Å². The van der Waals surface area contributed by atoms with Crippen molar-refractivity contribution in [1.82, 2.24) is 0 Å². The minimum absolute atomic E-state index is 0. The van der Waals surface area contributed by atoms with Gasteiger partial charge in [-0.1, -0.05) is 30.3 Å². The highest BCUT2D eigenvalue weighted by Gasteiger charge is 2.12. The molecule has 0 aliphatic rings. The molecular formula is C8H10Cl2NO2-. The molecule has 74 valence electrons. The van der Waals surface area contributed by atoms with Crippen LogP contribution in [-0.4, -0.2) is 11.1 Å². The first-order valence-electron chi connectivity index (χ1n) is 3.25. The van der Waals surface area contributed by atoms with Gasteiger partial charge in [-0.15, -0.1) is 12.4 Å². The largest absolute Gasteiger partial charge is 1.00 e. The third-order valence-corrected chi connectivity index (χ3v) is 1.42. The van der Waals surface area contributed by atoms with Crippen LogP contribution in [0.3, 0.4) is 0 Å². The van der Waals surface area contributed by atoms with Crippen LogP contribution < -0.4 is 18.1 Å². The summed E-state index contributed by atoms with van der Waals surface area (Å²) in [5, 5.41) is 8.51. The van der Waals surface area contributed by atoms with E-state index in [1.807, 2.05) is 6.07 Å². The zero-order chi connectivity index (χ0) is 8.27. The molecule has 3 N–H and O–H groups in total. The van der Waals surface area contributed by atoms with Crippen LogP contribution in [0.25, 0.3) is 0 Å². The van der Waals surface area contributed by atoms with Gasteiger partial charge in [0.25, 0.3) is 0 Å². The third-order valence-electron chi connectivity index (χ3n) is 1.42. The molecule has 0 aromatic heterocycles. The average Bonchev–Trinajstić information content (AvgIpc) is 2.05. The van der Waals surface area contributed by atoms with Crippen LogP contribution >= 0.6 is 12.4 Å². The fourth-order valence-electron chi connectivity index (χ4n) is 0.803. The molecule has 0 radical (unpaired) electrons. The molecule has 1 rings (SSSR count). The Kier molecular flexibility index (Phi) is 7.61. The second-order valence-corrected chi connectivity index (χ2v) is 2.23. The van der Waals surface area contributed by atoms with Gasteiger partial charge in [0.05, 0.1) is 0 Å². The first-order valence-corrected chi connectivity index (χ1v) is 3.25. The van der Waals surface area contributed by atoms with Crippen molar-refractivity contribution in [3.8, 4) is 0 Å². The van der Waals surface area contributed by atoms with Gasteiger partial charge < -0.3 is 23.2 Å². The normalized spacial score (nSPS) is 10.5. The average molecular weight is 223 g/mol. The third kappa shape index (κ3) is 4.12. The highest BCUT2D eigenvalue weighted by atomic mass is 35.5. The summed E-state index contributed by atoms with van der Waals surface area (Å²) in [4.78, 5) is 10.4.